The van der Waals surface area contributed by atoms with Gasteiger partial charge in [0.05, 0.1) is 6.04 Å². The Balaban J connectivity index is 1.67. The van der Waals surface area contributed by atoms with Crippen LogP contribution >= 0.6 is 0 Å². The zero-order valence-corrected chi connectivity index (χ0v) is 15.9. The van der Waals surface area contributed by atoms with Gasteiger partial charge in [0.25, 0.3) is 0 Å². The van der Waals surface area contributed by atoms with E-state index in [0.717, 1.165) is 55.2 Å². The van der Waals surface area contributed by atoms with Gasteiger partial charge in [-0.05, 0) is 60.5 Å². The van der Waals surface area contributed by atoms with Gasteiger partial charge in [-0.15, -0.1) is 0 Å². The smallest absolute Gasteiger partial charge is 0.127 e. The summed E-state index contributed by atoms with van der Waals surface area (Å²) in [7, 11) is 0. The van der Waals surface area contributed by atoms with Crippen LogP contribution in [0.1, 0.15) is 23.6 Å². The number of para-hydroxylation sites is 1. The first-order valence-electron chi connectivity index (χ1n) is 9.83. The first kappa shape index (κ1) is 18.7. The van der Waals surface area contributed by atoms with E-state index in [4.69, 9.17) is 4.74 Å². The van der Waals surface area contributed by atoms with E-state index in [2.05, 4.69) is 22.3 Å². The van der Waals surface area contributed by atoms with E-state index in [9.17, 15) is 4.39 Å². The largest absolute Gasteiger partial charge is 0.457 e. The first-order valence-corrected chi connectivity index (χ1v) is 9.83. The highest BCUT2D eigenvalue weighted by Gasteiger charge is 2.23. The molecule has 0 spiro atoms. The van der Waals surface area contributed by atoms with Crippen LogP contribution in [0.15, 0.2) is 78.9 Å². The standard InChI is InChI=1S/C24H25FN2O/c25-21-12-10-19(11-13-21)24(27-16-5-14-26-15-17-27)20-6-4-9-23(18-20)28-22-7-2-1-3-8-22/h1-4,6-13,18,24,26H,5,14-17H2. The number of ether oxygens (including phenoxy) is 1. The molecule has 1 unspecified atom stereocenters. The first-order chi connectivity index (χ1) is 13.8. The molecule has 1 fully saturated rings. The molecule has 1 aliphatic rings. The summed E-state index contributed by atoms with van der Waals surface area (Å²) < 4.78 is 19.6. The molecule has 1 aliphatic heterocycles. The summed E-state index contributed by atoms with van der Waals surface area (Å²) in [6.07, 6.45) is 1.10. The van der Waals surface area contributed by atoms with Gasteiger partial charge in [0.15, 0.2) is 0 Å². The molecule has 1 atom stereocenters. The molecule has 0 amide bonds. The second-order valence-electron chi connectivity index (χ2n) is 7.08. The summed E-state index contributed by atoms with van der Waals surface area (Å²) in [6, 6.07) is 25.0. The Labute approximate surface area is 165 Å². The fourth-order valence-corrected chi connectivity index (χ4v) is 3.76. The molecule has 0 aliphatic carbocycles. The van der Waals surface area contributed by atoms with Crippen molar-refractivity contribution in [2.75, 3.05) is 26.2 Å². The highest BCUT2D eigenvalue weighted by Crippen LogP contribution is 2.32. The Morgan fingerprint density at radius 1 is 0.786 bits per heavy atom. The molecule has 3 aromatic rings. The molecule has 28 heavy (non-hydrogen) atoms. The van der Waals surface area contributed by atoms with Crippen molar-refractivity contribution in [2.45, 2.75) is 12.5 Å². The van der Waals surface area contributed by atoms with Gasteiger partial charge >= 0.3 is 0 Å². The van der Waals surface area contributed by atoms with Gasteiger partial charge in [-0.25, -0.2) is 4.39 Å². The van der Waals surface area contributed by atoms with Crippen molar-refractivity contribution in [1.29, 1.82) is 0 Å². The van der Waals surface area contributed by atoms with Crippen LogP contribution in [0.4, 0.5) is 4.39 Å². The predicted molar refractivity (Wildman–Crippen MR) is 110 cm³/mol. The molecule has 4 heteroatoms. The van der Waals surface area contributed by atoms with Crippen LogP contribution in [-0.4, -0.2) is 31.1 Å². The number of benzene rings is 3. The van der Waals surface area contributed by atoms with Gasteiger partial charge in [0.2, 0.25) is 0 Å². The van der Waals surface area contributed by atoms with Gasteiger partial charge in [-0.1, -0.05) is 42.5 Å². The maximum atomic E-state index is 13.5. The van der Waals surface area contributed by atoms with Crippen LogP contribution < -0.4 is 10.1 Å². The third kappa shape index (κ3) is 4.58. The minimum absolute atomic E-state index is 0.0693. The lowest BCUT2D eigenvalue weighted by Gasteiger charge is -2.31. The Morgan fingerprint density at radius 3 is 2.39 bits per heavy atom. The number of nitrogens with one attached hydrogen (secondary N) is 1. The Bertz CT molecular complexity index is 875. The van der Waals surface area contributed by atoms with Crippen molar-refractivity contribution in [3.8, 4) is 11.5 Å². The highest BCUT2D eigenvalue weighted by molar-refractivity contribution is 5.39. The van der Waals surface area contributed by atoms with Crippen molar-refractivity contribution in [3.63, 3.8) is 0 Å². The number of nitrogens with zero attached hydrogens (tertiary/aromatic N) is 1. The normalized spacial score (nSPS) is 16.3. The fraction of sp³-hybridized carbons (Fsp3) is 0.250. The molecule has 0 saturated carbocycles. The second-order valence-corrected chi connectivity index (χ2v) is 7.08. The summed E-state index contributed by atoms with van der Waals surface area (Å²) in [5, 5.41) is 3.46. The molecule has 1 saturated heterocycles. The van der Waals surface area contributed by atoms with Gasteiger partial charge < -0.3 is 10.1 Å². The lowest BCUT2D eigenvalue weighted by Crippen LogP contribution is -2.33. The van der Waals surface area contributed by atoms with E-state index in [1.165, 1.54) is 0 Å². The van der Waals surface area contributed by atoms with Crippen LogP contribution in [0.5, 0.6) is 11.5 Å². The maximum absolute atomic E-state index is 13.5. The van der Waals surface area contributed by atoms with Crippen LogP contribution in [-0.2, 0) is 0 Å². The molecule has 3 aromatic carbocycles. The summed E-state index contributed by atoms with van der Waals surface area (Å²) in [4.78, 5) is 2.47. The number of rotatable bonds is 5. The zero-order valence-electron chi connectivity index (χ0n) is 15.9. The van der Waals surface area contributed by atoms with Crippen LogP contribution in [0.25, 0.3) is 0 Å². The van der Waals surface area contributed by atoms with Crippen molar-refractivity contribution in [3.05, 3.63) is 95.8 Å². The number of hydrogen-bond acceptors (Lipinski definition) is 3. The average molecular weight is 376 g/mol. The topological polar surface area (TPSA) is 24.5 Å². The average Bonchev–Trinajstić information content (AvgIpc) is 3.00. The molecular weight excluding hydrogens is 351 g/mol. The molecule has 1 heterocycles. The van der Waals surface area contributed by atoms with Crippen molar-refractivity contribution in [1.82, 2.24) is 10.2 Å². The van der Waals surface area contributed by atoms with E-state index in [1.807, 2.05) is 54.6 Å². The van der Waals surface area contributed by atoms with E-state index in [1.54, 1.807) is 12.1 Å². The van der Waals surface area contributed by atoms with Crippen LogP contribution in [0.3, 0.4) is 0 Å². The molecule has 1 N–H and O–H groups in total. The second kappa shape index (κ2) is 9.00. The maximum Gasteiger partial charge on any atom is 0.127 e. The number of hydrogen-bond donors (Lipinski definition) is 1. The van der Waals surface area contributed by atoms with Crippen molar-refractivity contribution < 1.29 is 9.13 Å². The molecular formula is C24H25FN2O. The van der Waals surface area contributed by atoms with Crippen LogP contribution in [0, 0.1) is 5.82 Å². The molecule has 4 rings (SSSR count). The van der Waals surface area contributed by atoms with Gasteiger partial charge in [0, 0.05) is 19.6 Å². The number of halogens is 1. The quantitative estimate of drug-likeness (QED) is 0.678. The molecule has 0 bridgehead atoms. The Kier molecular flexibility index (Phi) is 6.00. The Hall–Kier alpha value is -2.69. The van der Waals surface area contributed by atoms with Crippen molar-refractivity contribution in [2.24, 2.45) is 0 Å². The van der Waals surface area contributed by atoms with E-state index < -0.39 is 0 Å². The van der Waals surface area contributed by atoms with Gasteiger partial charge in [-0.3, -0.25) is 4.90 Å². The molecule has 3 nitrogen and oxygen atoms in total. The molecule has 144 valence electrons. The van der Waals surface area contributed by atoms with E-state index in [0.29, 0.717) is 0 Å². The summed E-state index contributed by atoms with van der Waals surface area (Å²) >= 11 is 0. The van der Waals surface area contributed by atoms with Gasteiger partial charge in [-0.2, -0.15) is 0 Å². The highest BCUT2D eigenvalue weighted by atomic mass is 19.1. The lowest BCUT2D eigenvalue weighted by atomic mass is 9.96. The summed E-state index contributed by atoms with van der Waals surface area (Å²) in [5.74, 6) is 1.42. The lowest BCUT2D eigenvalue weighted by molar-refractivity contribution is 0.240. The summed E-state index contributed by atoms with van der Waals surface area (Å²) in [6.45, 7) is 3.94. The van der Waals surface area contributed by atoms with Crippen molar-refractivity contribution >= 4 is 0 Å². The third-order valence-electron chi connectivity index (χ3n) is 5.08. The fourth-order valence-electron chi connectivity index (χ4n) is 3.76. The Morgan fingerprint density at radius 2 is 1.57 bits per heavy atom. The predicted octanol–water partition coefficient (Wildman–Crippen LogP) is 5.00. The van der Waals surface area contributed by atoms with E-state index >= 15 is 0 Å². The minimum atomic E-state index is -0.207. The molecule has 0 radical (unpaired) electrons. The monoisotopic (exact) mass is 376 g/mol. The summed E-state index contributed by atoms with van der Waals surface area (Å²) in [5.41, 5.74) is 2.25. The van der Waals surface area contributed by atoms with E-state index in [-0.39, 0.29) is 11.9 Å². The van der Waals surface area contributed by atoms with Gasteiger partial charge in [0.1, 0.15) is 17.3 Å². The molecule has 0 aromatic heterocycles. The third-order valence-corrected chi connectivity index (χ3v) is 5.08. The SMILES string of the molecule is Fc1ccc(C(c2cccc(Oc3ccccc3)c2)N2CCCNCC2)cc1. The minimum Gasteiger partial charge on any atom is -0.457 e. The van der Waals surface area contributed by atoms with Crippen LogP contribution in [0.2, 0.25) is 0 Å². The zero-order chi connectivity index (χ0) is 19.2.